The van der Waals surface area contributed by atoms with Gasteiger partial charge in [0.1, 0.15) is 17.2 Å². The smallest absolute Gasteiger partial charge is 0.240 e. The Labute approximate surface area is 150 Å². The van der Waals surface area contributed by atoms with E-state index in [9.17, 15) is 4.39 Å². The molecule has 0 atom stereocenters. The molecule has 0 radical (unpaired) electrons. The van der Waals surface area contributed by atoms with E-state index in [1.807, 2.05) is 25.1 Å². The lowest BCUT2D eigenvalue weighted by Gasteiger charge is -2.11. The van der Waals surface area contributed by atoms with Gasteiger partial charge in [-0.25, -0.2) is 9.37 Å². The minimum atomic E-state index is -0.330. The standard InChI is InChI=1S/C19H17FN6/c1-11(22-2)15-10-13(6-9-16(15)23-3)18-17(24-19(21)26-25-18)12-4-7-14(20)8-5-12/h4-10H,3H2,1-2H3,(H2,21,24,26)/b22-11-. The lowest BCUT2D eigenvalue weighted by atomic mass is 10.00. The van der Waals surface area contributed by atoms with Crippen LogP contribution in [0.5, 0.6) is 0 Å². The number of nitrogens with zero attached hydrogens (tertiary/aromatic N) is 5. The van der Waals surface area contributed by atoms with Crippen molar-refractivity contribution in [3.8, 4) is 22.5 Å². The number of nitrogens with two attached hydrogens (primary N) is 1. The van der Waals surface area contributed by atoms with Crippen LogP contribution in [0, 0.1) is 5.82 Å². The summed E-state index contributed by atoms with van der Waals surface area (Å²) in [5.41, 5.74) is 10.6. The summed E-state index contributed by atoms with van der Waals surface area (Å²) in [7, 11) is 1.71. The van der Waals surface area contributed by atoms with E-state index in [0.29, 0.717) is 17.0 Å². The van der Waals surface area contributed by atoms with Gasteiger partial charge in [0, 0.05) is 29.4 Å². The zero-order chi connectivity index (χ0) is 18.7. The van der Waals surface area contributed by atoms with Crippen LogP contribution in [0.4, 0.5) is 16.0 Å². The van der Waals surface area contributed by atoms with Crippen LogP contribution < -0.4 is 5.73 Å². The van der Waals surface area contributed by atoms with E-state index < -0.39 is 0 Å². The first-order valence-electron chi connectivity index (χ1n) is 7.84. The van der Waals surface area contributed by atoms with E-state index in [4.69, 9.17) is 5.73 Å². The molecule has 3 rings (SSSR count). The monoisotopic (exact) mass is 348 g/mol. The van der Waals surface area contributed by atoms with E-state index in [2.05, 4.69) is 31.9 Å². The Hall–Kier alpha value is -3.48. The van der Waals surface area contributed by atoms with Gasteiger partial charge in [0.2, 0.25) is 5.95 Å². The van der Waals surface area contributed by atoms with Crippen LogP contribution in [0.25, 0.3) is 22.5 Å². The van der Waals surface area contributed by atoms with E-state index in [0.717, 1.165) is 22.5 Å². The van der Waals surface area contributed by atoms with Gasteiger partial charge in [-0.05, 0) is 50.0 Å². The minimum absolute atomic E-state index is 0.0454. The third-order valence-electron chi connectivity index (χ3n) is 3.99. The van der Waals surface area contributed by atoms with Gasteiger partial charge >= 0.3 is 0 Å². The molecule has 3 aromatic rings. The average molecular weight is 348 g/mol. The van der Waals surface area contributed by atoms with Crippen LogP contribution in [-0.4, -0.2) is 34.7 Å². The third-order valence-corrected chi connectivity index (χ3v) is 3.99. The predicted octanol–water partition coefficient (Wildman–Crippen LogP) is 3.70. The molecule has 0 fully saturated rings. The molecule has 0 bridgehead atoms. The summed E-state index contributed by atoms with van der Waals surface area (Å²) in [6.45, 7) is 5.49. The molecule has 0 saturated carbocycles. The first-order valence-corrected chi connectivity index (χ1v) is 7.84. The first kappa shape index (κ1) is 17.3. The molecule has 2 N–H and O–H groups in total. The summed E-state index contributed by atoms with van der Waals surface area (Å²) >= 11 is 0. The predicted molar refractivity (Wildman–Crippen MR) is 102 cm³/mol. The lowest BCUT2D eigenvalue weighted by molar-refractivity contribution is 0.628. The molecule has 0 unspecified atom stereocenters. The lowest BCUT2D eigenvalue weighted by Crippen LogP contribution is -2.03. The fourth-order valence-corrected chi connectivity index (χ4v) is 2.57. The van der Waals surface area contributed by atoms with Crippen molar-refractivity contribution in [2.75, 3.05) is 12.8 Å². The van der Waals surface area contributed by atoms with Crippen molar-refractivity contribution >= 4 is 24.1 Å². The third kappa shape index (κ3) is 3.32. The molecule has 26 heavy (non-hydrogen) atoms. The minimum Gasteiger partial charge on any atom is -0.366 e. The van der Waals surface area contributed by atoms with Gasteiger partial charge in [0.15, 0.2) is 0 Å². The Kier molecular flexibility index (Phi) is 4.79. The highest BCUT2D eigenvalue weighted by molar-refractivity contribution is 6.04. The summed E-state index contributed by atoms with van der Waals surface area (Å²) in [6, 6.07) is 11.6. The number of nitrogen functional groups attached to an aromatic ring is 1. The number of benzene rings is 2. The summed E-state index contributed by atoms with van der Waals surface area (Å²) in [5, 5.41) is 8.08. The van der Waals surface area contributed by atoms with Crippen molar-refractivity contribution in [2.45, 2.75) is 6.92 Å². The molecule has 0 aliphatic carbocycles. The summed E-state index contributed by atoms with van der Waals surface area (Å²) < 4.78 is 13.3. The Balaban J connectivity index is 2.21. The SMILES string of the molecule is C=Nc1ccc(-c2nnc(N)nc2-c2ccc(F)cc2)cc1/C(C)=N\C. The van der Waals surface area contributed by atoms with Crippen LogP contribution in [0.1, 0.15) is 12.5 Å². The molecule has 6 nitrogen and oxygen atoms in total. The normalized spacial score (nSPS) is 11.4. The van der Waals surface area contributed by atoms with Crippen molar-refractivity contribution in [1.29, 1.82) is 0 Å². The maximum absolute atomic E-state index is 13.3. The number of halogens is 1. The summed E-state index contributed by atoms with van der Waals surface area (Å²) in [6.07, 6.45) is 0. The Bertz CT molecular complexity index is 995. The highest BCUT2D eigenvalue weighted by Gasteiger charge is 2.15. The molecular formula is C19H17FN6. The largest absolute Gasteiger partial charge is 0.366 e. The zero-order valence-electron chi connectivity index (χ0n) is 14.4. The van der Waals surface area contributed by atoms with Crippen LogP contribution in [0.2, 0.25) is 0 Å². The molecule has 0 amide bonds. The number of rotatable bonds is 4. The van der Waals surface area contributed by atoms with Crippen molar-refractivity contribution in [1.82, 2.24) is 15.2 Å². The molecule has 1 aromatic heterocycles. The van der Waals surface area contributed by atoms with Gasteiger partial charge in [0.05, 0.1) is 5.69 Å². The second kappa shape index (κ2) is 7.18. The number of aromatic nitrogens is 3. The Morgan fingerprint density at radius 3 is 2.38 bits per heavy atom. The van der Waals surface area contributed by atoms with Gasteiger partial charge in [-0.1, -0.05) is 6.07 Å². The number of anilines is 1. The molecule has 2 aromatic carbocycles. The average Bonchev–Trinajstić information content (AvgIpc) is 2.67. The van der Waals surface area contributed by atoms with Crippen molar-refractivity contribution in [2.24, 2.45) is 9.98 Å². The molecule has 0 spiro atoms. The van der Waals surface area contributed by atoms with Crippen LogP contribution in [0.3, 0.4) is 0 Å². The molecule has 130 valence electrons. The Morgan fingerprint density at radius 1 is 1.04 bits per heavy atom. The summed E-state index contributed by atoms with van der Waals surface area (Å²) in [5.74, 6) is -0.284. The van der Waals surface area contributed by atoms with Gasteiger partial charge < -0.3 is 5.73 Å². The van der Waals surface area contributed by atoms with Crippen molar-refractivity contribution in [3.63, 3.8) is 0 Å². The topological polar surface area (TPSA) is 89.4 Å². The van der Waals surface area contributed by atoms with Gasteiger partial charge in [0.25, 0.3) is 0 Å². The highest BCUT2D eigenvalue weighted by atomic mass is 19.1. The second-order valence-electron chi connectivity index (χ2n) is 5.57. The van der Waals surface area contributed by atoms with Crippen molar-refractivity contribution in [3.05, 3.63) is 53.8 Å². The molecule has 7 heteroatoms. The molecule has 0 aliphatic heterocycles. The van der Waals surface area contributed by atoms with Crippen LogP contribution in [-0.2, 0) is 0 Å². The van der Waals surface area contributed by atoms with Crippen LogP contribution in [0.15, 0.2) is 52.4 Å². The summed E-state index contributed by atoms with van der Waals surface area (Å²) in [4.78, 5) is 12.6. The maximum Gasteiger partial charge on any atom is 0.240 e. The molecular weight excluding hydrogens is 331 g/mol. The number of aliphatic imine (C=N–C) groups is 2. The highest BCUT2D eigenvalue weighted by Crippen LogP contribution is 2.32. The van der Waals surface area contributed by atoms with Crippen molar-refractivity contribution < 1.29 is 4.39 Å². The molecule has 0 saturated heterocycles. The molecule has 0 aliphatic rings. The first-order chi connectivity index (χ1) is 12.5. The van der Waals surface area contributed by atoms with E-state index in [1.54, 1.807) is 19.2 Å². The van der Waals surface area contributed by atoms with Gasteiger partial charge in [-0.3, -0.25) is 9.98 Å². The second-order valence-corrected chi connectivity index (χ2v) is 5.57. The Morgan fingerprint density at radius 2 is 1.73 bits per heavy atom. The fourth-order valence-electron chi connectivity index (χ4n) is 2.57. The van der Waals surface area contributed by atoms with Gasteiger partial charge in [-0.15, -0.1) is 10.2 Å². The van der Waals surface area contributed by atoms with Crippen LogP contribution >= 0.6 is 0 Å². The molecule has 1 heterocycles. The van der Waals surface area contributed by atoms with E-state index in [1.165, 1.54) is 12.1 Å². The van der Waals surface area contributed by atoms with Gasteiger partial charge in [-0.2, -0.15) is 0 Å². The van der Waals surface area contributed by atoms with E-state index in [-0.39, 0.29) is 11.8 Å². The van der Waals surface area contributed by atoms with E-state index >= 15 is 0 Å². The number of hydrogen-bond acceptors (Lipinski definition) is 6. The fraction of sp³-hybridized carbons (Fsp3) is 0.105. The number of hydrogen-bond donors (Lipinski definition) is 1. The quantitative estimate of drug-likeness (QED) is 0.728. The zero-order valence-corrected chi connectivity index (χ0v) is 14.4. The maximum atomic E-state index is 13.3.